The maximum atomic E-state index is 12.5. The van der Waals surface area contributed by atoms with Gasteiger partial charge in [0.05, 0.1) is 15.5 Å². The largest absolute Gasteiger partial charge is 0.354 e. The molecule has 0 aliphatic heterocycles. The van der Waals surface area contributed by atoms with Crippen LogP contribution in [0.2, 0.25) is 0 Å². The lowest BCUT2D eigenvalue weighted by atomic mass is 10.2. The molecule has 0 radical (unpaired) electrons. The third kappa shape index (κ3) is 5.74. The standard InChI is InChI=1S/C21H20N2O5S2/c1-30(27,28)21-13-19(23(24)25)10-11-20(21)22-18-9-5-8-17(12-18)15-29(26)14-16-6-3-2-4-7-16/h2-13,22H,14-15H2,1H3. The van der Waals surface area contributed by atoms with Gasteiger partial charge in [0.15, 0.2) is 9.84 Å². The molecular formula is C21H20N2O5S2. The van der Waals surface area contributed by atoms with E-state index in [4.69, 9.17) is 0 Å². The summed E-state index contributed by atoms with van der Waals surface area (Å²) in [5, 5.41) is 14.0. The lowest BCUT2D eigenvalue weighted by molar-refractivity contribution is -0.385. The van der Waals surface area contributed by atoms with Gasteiger partial charge in [-0.2, -0.15) is 0 Å². The molecule has 0 saturated heterocycles. The molecule has 0 fully saturated rings. The van der Waals surface area contributed by atoms with E-state index in [1.165, 1.54) is 12.1 Å². The minimum Gasteiger partial charge on any atom is -0.354 e. The van der Waals surface area contributed by atoms with E-state index in [0.29, 0.717) is 17.2 Å². The molecule has 0 aliphatic rings. The summed E-state index contributed by atoms with van der Waals surface area (Å²) in [5.74, 6) is 0.794. The number of benzene rings is 3. The Morgan fingerprint density at radius 3 is 2.27 bits per heavy atom. The Labute approximate surface area is 177 Å². The average molecular weight is 445 g/mol. The number of hydrogen-bond acceptors (Lipinski definition) is 6. The SMILES string of the molecule is CS(=O)(=O)c1cc([N+](=O)[O-])ccc1Nc1cccc(CS(=O)Cc2ccccc2)c1. The van der Waals surface area contributed by atoms with Crippen LogP contribution in [0.25, 0.3) is 0 Å². The maximum absolute atomic E-state index is 12.5. The van der Waals surface area contributed by atoms with E-state index in [1.54, 1.807) is 18.2 Å². The van der Waals surface area contributed by atoms with E-state index < -0.39 is 25.6 Å². The third-order valence-corrected chi connectivity index (χ3v) is 6.73. The zero-order valence-corrected chi connectivity index (χ0v) is 17.8. The van der Waals surface area contributed by atoms with Crippen molar-refractivity contribution in [2.75, 3.05) is 11.6 Å². The summed E-state index contributed by atoms with van der Waals surface area (Å²) in [4.78, 5) is 10.2. The van der Waals surface area contributed by atoms with Crippen LogP contribution < -0.4 is 5.32 Å². The Morgan fingerprint density at radius 2 is 1.60 bits per heavy atom. The predicted molar refractivity (Wildman–Crippen MR) is 118 cm³/mol. The molecular weight excluding hydrogens is 424 g/mol. The van der Waals surface area contributed by atoms with Crippen LogP contribution in [0.4, 0.5) is 17.1 Å². The van der Waals surface area contributed by atoms with Crippen LogP contribution in [-0.2, 0) is 32.1 Å². The van der Waals surface area contributed by atoms with Crippen LogP contribution in [-0.4, -0.2) is 23.8 Å². The van der Waals surface area contributed by atoms with Crippen molar-refractivity contribution in [2.45, 2.75) is 16.4 Å². The highest BCUT2D eigenvalue weighted by atomic mass is 32.2. The summed E-state index contributed by atoms with van der Waals surface area (Å²) in [6, 6.07) is 20.4. The van der Waals surface area contributed by atoms with Gasteiger partial charge in [-0.3, -0.25) is 14.3 Å². The highest BCUT2D eigenvalue weighted by Crippen LogP contribution is 2.29. The molecule has 0 aliphatic carbocycles. The van der Waals surface area contributed by atoms with Crippen molar-refractivity contribution in [3.05, 3.63) is 94.0 Å². The highest BCUT2D eigenvalue weighted by molar-refractivity contribution is 7.90. The maximum Gasteiger partial charge on any atom is 0.270 e. The van der Waals surface area contributed by atoms with Gasteiger partial charge in [0, 0.05) is 46.4 Å². The van der Waals surface area contributed by atoms with Crippen LogP contribution in [0, 0.1) is 10.1 Å². The van der Waals surface area contributed by atoms with Crippen molar-refractivity contribution in [2.24, 2.45) is 0 Å². The van der Waals surface area contributed by atoms with Crippen LogP contribution >= 0.6 is 0 Å². The summed E-state index contributed by atoms with van der Waals surface area (Å²) in [6.45, 7) is 0. The Hall–Kier alpha value is -3.04. The minimum atomic E-state index is -3.69. The number of anilines is 2. The number of sulfone groups is 1. The van der Waals surface area contributed by atoms with Crippen LogP contribution in [0.5, 0.6) is 0 Å². The van der Waals surface area contributed by atoms with Crippen LogP contribution in [0.3, 0.4) is 0 Å². The quantitative estimate of drug-likeness (QED) is 0.412. The number of rotatable bonds is 8. The van der Waals surface area contributed by atoms with Crippen LogP contribution in [0.15, 0.2) is 77.7 Å². The van der Waals surface area contributed by atoms with E-state index >= 15 is 0 Å². The van der Waals surface area contributed by atoms with Gasteiger partial charge in [0.1, 0.15) is 0 Å². The van der Waals surface area contributed by atoms with Gasteiger partial charge < -0.3 is 5.32 Å². The van der Waals surface area contributed by atoms with Crippen molar-refractivity contribution >= 4 is 37.7 Å². The van der Waals surface area contributed by atoms with Gasteiger partial charge in [0.2, 0.25) is 0 Å². The fourth-order valence-corrected chi connectivity index (χ4v) is 5.00. The Balaban J connectivity index is 1.80. The van der Waals surface area contributed by atoms with Gasteiger partial charge in [-0.25, -0.2) is 8.42 Å². The van der Waals surface area contributed by atoms with E-state index in [-0.39, 0.29) is 16.3 Å². The molecule has 1 unspecified atom stereocenters. The number of nitrogens with one attached hydrogen (secondary N) is 1. The fraction of sp³-hybridized carbons (Fsp3) is 0.143. The zero-order valence-electron chi connectivity index (χ0n) is 16.1. The molecule has 3 aromatic rings. The first kappa shape index (κ1) is 21.7. The van der Waals surface area contributed by atoms with E-state index in [0.717, 1.165) is 23.4 Å². The molecule has 3 rings (SSSR count). The van der Waals surface area contributed by atoms with Crippen molar-refractivity contribution in [1.29, 1.82) is 0 Å². The van der Waals surface area contributed by atoms with Crippen molar-refractivity contribution in [3.8, 4) is 0 Å². The van der Waals surface area contributed by atoms with Crippen molar-refractivity contribution in [1.82, 2.24) is 0 Å². The van der Waals surface area contributed by atoms with Crippen molar-refractivity contribution < 1.29 is 17.6 Å². The zero-order chi connectivity index (χ0) is 21.7. The third-order valence-electron chi connectivity index (χ3n) is 4.28. The topological polar surface area (TPSA) is 106 Å². The second-order valence-corrected chi connectivity index (χ2v) is 10.2. The molecule has 156 valence electrons. The molecule has 0 bridgehead atoms. The first-order valence-electron chi connectivity index (χ1n) is 8.96. The number of nitro groups is 1. The second-order valence-electron chi connectivity index (χ2n) is 6.75. The second kappa shape index (κ2) is 9.19. The van der Waals surface area contributed by atoms with Gasteiger partial charge in [0.25, 0.3) is 5.69 Å². The summed E-state index contributed by atoms with van der Waals surface area (Å²) in [5.41, 5.74) is 2.37. The summed E-state index contributed by atoms with van der Waals surface area (Å²) < 4.78 is 36.7. The molecule has 0 aromatic heterocycles. The number of nitro benzene ring substituents is 1. The van der Waals surface area contributed by atoms with E-state index in [9.17, 15) is 22.7 Å². The van der Waals surface area contributed by atoms with Gasteiger partial charge >= 0.3 is 0 Å². The molecule has 1 N–H and O–H groups in total. The van der Waals surface area contributed by atoms with Gasteiger partial charge in [-0.15, -0.1) is 0 Å². The Kier molecular flexibility index (Phi) is 6.63. The Bertz CT molecular complexity index is 1200. The first-order chi connectivity index (χ1) is 14.2. The number of nitrogens with zero attached hydrogens (tertiary/aromatic N) is 1. The van der Waals surface area contributed by atoms with E-state index in [2.05, 4.69) is 5.32 Å². The number of non-ortho nitro benzene ring substituents is 1. The normalized spacial score (nSPS) is 12.3. The lowest BCUT2D eigenvalue weighted by Gasteiger charge is -2.12. The minimum absolute atomic E-state index is 0.158. The summed E-state index contributed by atoms with van der Waals surface area (Å²) in [6.07, 6.45) is 1.00. The Morgan fingerprint density at radius 1 is 0.933 bits per heavy atom. The smallest absolute Gasteiger partial charge is 0.270 e. The van der Waals surface area contributed by atoms with Gasteiger partial charge in [-0.05, 0) is 29.3 Å². The van der Waals surface area contributed by atoms with Crippen LogP contribution in [0.1, 0.15) is 11.1 Å². The summed E-state index contributed by atoms with van der Waals surface area (Å²) in [7, 11) is -4.79. The monoisotopic (exact) mass is 444 g/mol. The molecule has 30 heavy (non-hydrogen) atoms. The molecule has 1 atom stereocenters. The fourth-order valence-electron chi connectivity index (χ4n) is 2.93. The highest BCUT2D eigenvalue weighted by Gasteiger charge is 2.18. The molecule has 7 nitrogen and oxygen atoms in total. The molecule has 0 spiro atoms. The molecule has 0 saturated carbocycles. The van der Waals surface area contributed by atoms with Gasteiger partial charge in [-0.1, -0.05) is 42.5 Å². The molecule has 3 aromatic carbocycles. The molecule has 0 heterocycles. The van der Waals surface area contributed by atoms with Crippen molar-refractivity contribution in [3.63, 3.8) is 0 Å². The molecule has 9 heteroatoms. The predicted octanol–water partition coefficient (Wildman–Crippen LogP) is 4.19. The first-order valence-corrected chi connectivity index (χ1v) is 12.3. The average Bonchev–Trinajstić information content (AvgIpc) is 2.68. The number of hydrogen-bond donors (Lipinski definition) is 1. The van der Waals surface area contributed by atoms with E-state index in [1.807, 2.05) is 36.4 Å². The summed E-state index contributed by atoms with van der Waals surface area (Å²) >= 11 is 0. The molecule has 0 amide bonds. The lowest BCUT2D eigenvalue weighted by Crippen LogP contribution is -2.04.